The van der Waals surface area contributed by atoms with Crippen LogP contribution in [0.15, 0.2) is 6.07 Å². The molecule has 0 radical (unpaired) electrons. The fraction of sp³-hybridized carbons (Fsp3) is 0.688. The van der Waals surface area contributed by atoms with Gasteiger partial charge in [-0.1, -0.05) is 37.3 Å². The lowest BCUT2D eigenvalue weighted by atomic mass is 9.90. The first kappa shape index (κ1) is 16.6. The van der Waals surface area contributed by atoms with Crippen molar-refractivity contribution in [3.8, 4) is 0 Å². The second-order valence-electron chi connectivity index (χ2n) is 6.50. The quantitative estimate of drug-likeness (QED) is 0.875. The van der Waals surface area contributed by atoms with Crippen molar-refractivity contribution in [2.75, 3.05) is 5.32 Å². The number of rotatable bonds is 5. The van der Waals surface area contributed by atoms with E-state index in [0.29, 0.717) is 18.8 Å². The van der Waals surface area contributed by atoms with Crippen molar-refractivity contribution in [1.29, 1.82) is 0 Å². The number of aromatic amines is 1. The van der Waals surface area contributed by atoms with Gasteiger partial charge in [0.2, 0.25) is 5.91 Å². The van der Waals surface area contributed by atoms with E-state index in [1.807, 2.05) is 17.7 Å². The number of aromatic nitrogens is 6. The number of hydrogen-bond acceptors (Lipinski definition) is 5. The van der Waals surface area contributed by atoms with Crippen molar-refractivity contribution in [3.05, 3.63) is 17.6 Å². The SMILES string of the molecule is Cc1cc(NC(=O)C2CCCCCCC2)n(CCc2nn[nH]n2)n1. The third kappa shape index (κ3) is 4.39. The Morgan fingerprint density at radius 1 is 1.29 bits per heavy atom. The minimum absolute atomic E-state index is 0.117. The van der Waals surface area contributed by atoms with Gasteiger partial charge in [0.1, 0.15) is 5.82 Å². The molecule has 8 heteroatoms. The minimum atomic E-state index is 0.117. The molecule has 2 aromatic rings. The number of hydrogen-bond donors (Lipinski definition) is 2. The van der Waals surface area contributed by atoms with Crippen LogP contribution in [0.5, 0.6) is 0 Å². The summed E-state index contributed by atoms with van der Waals surface area (Å²) >= 11 is 0. The van der Waals surface area contributed by atoms with Crippen LogP contribution in [-0.2, 0) is 17.8 Å². The molecule has 0 unspecified atom stereocenters. The van der Waals surface area contributed by atoms with Crippen LogP contribution in [0, 0.1) is 12.8 Å². The molecule has 1 aliphatic rings. The lowest BCUT2D eigenvalue weighted by Crippen LogP contribution is -2.25. The molecular formula is C16H25N7O. The van der Waals surface area contributed by atoms with Gasteiger partial charge in [-0.2, -0.15) is 10.3 Å². The van der Waals surface area contributed by atoms with Gasteiger partial charge in [-0.15, -0.1) is 10.2 Å². The summed E-state index contributed by atoms with van der Waals surface area (Å²) in [6.07, 6.45) is 8.67. The molecule has 0 atom stereocenters. The molecule has 8 nitrogen and oxygen atoms in total. The van der Waals surface area contributed by atoms with Gasteiger partial charge in [0, 0.05) is 18.4 Å². The number of H-pyrrole nitrogens is 1. The fourth-order valence-corrected chi connectivity index (χ4v) is 3.26. The van der Waals surface area contributed by atoms with Gasteiger partial charge in [-0.05, 0) is 19.8 Å². The van der Waals surface area contributed by atoms with Gasteiger partial charge in [0.15, 0.2) is 5.82 Å². The van der Waals surface area contributed by atoms with Gasteiger partial charge in [-0.3, -0.25) is 4.79 Å². The second-order valence-corrected chi connectivity index (χ2v) is 6.50. The zero-order valence-corrected chi connectivity index (χ0v) is 14.2. The van der Waals surface area contributed by atoms with Crippen molar-refractivity contribution >= 4 is 11.7 Å². The summed E-state index contributed by atoms with van der Waals surface area (Å²) in [7, 11) is 0. The van der Waals surface area contributed by atoms with E-state index >= 15 is 0 Å². The van der Waals surface area contributed by atoms with E-state index in [-0.39, 0.29) is 11.8 Å². The third-order valence-corrected chi connectivity index (χ3v) is 4.57. The van der Waals surface area contributed by atoms with Crippen LogP contribution in [0.2, 0.25) is 0 Å². The smallest absolute Gasteiger partial charge is 0.228 e. The number of aryl methyl sites for hydroxylation is 3. The van der Waals surface area contributed by atoms with E-state index in [1.54, 1.807) is 0 Å². The number of tetrazole rings is 1. The van der Waals surface area contributed by atoms with E-state index < -0.39 is 0 Å². The molecule has 24 heavy (non-hydrogen) atoms. The minimum Gasteiger partial charge on any atom is -0.311 e. The van der Waals surface area contributed by atoms with Gasteiger partial charge in [-0.25, -0.2) is 4.68 Å². The predicted molar refractivity (Wildman–Crippen MR) is 89.3 cm³/mol. The van der Waals surface area contributed by atoms with Crippen molar-refractivity contribution < 1.29 is 4.79 Å². The normalized spacial score (nSPS) is 16.5. The van der Waals surface area contributed by atoms with Crippen LogP contribution in [0.3, 0.4) is 0 Å². The second kappa shape index (κ2) is 8.03. The summed E-state index contributed by atoms with van der Waals surface area (Å²) in [5, 5.41) is 21.4. The van der Waals surface area contributed by atoms with Gasteiger partial charge in [0.25, 0.3) is 0 Å². The highest BCUT2D eigenvalue weighted by Gasteiger charge is 2.21. The highest BCUT2D eigenvalue weighted by atomic mass is 16.2. The zero-order valence-electron chi connectivity index (χ0n) is 14.2. The van der Waals surface area contributed by atoms with Gasteiger partial charge >= 0.3 is 0 Å². The van der Waals surface area contributed by atoms with Crippen molar-refractivity contribution in [2.24, 2.45) is 5.92 Å². The summed E-state index contributed by atoms with van der Waals surface area (Å²) < 4.78 is 1.81. The number of nitrogens with one attached hydrogen (secondary N) is 2. The molecule has 2 heterocycles. The summed E-state index contributed by atoms with van der Waals surface area (Å²) in [6, 6.07) is 1.91. The maximum Gasteiger partial charge on any atom is 0.228 e. The average Bonchev–Trinajstić information content (AvgIpc) is 3.14. The lowest BCUT2D eigenvalue weighted by molar-refractivity contribution is -0.120. The molecule has 130 valence electrons. The van der Waals surface area contributed by atoms with Crippen molar-refractivity contribution in [3.63, 3.8) is 0 Å². The Balaban J connectivity index is 1.62. The Morgan fingerprint density at radius 2 is 2.04 bits per heavy atom. The van der Waals surface area contributed by atoms with Crippen molar-refractivity contribution in [2.45, 2.75) is 64.8 Å². The van der Waals surface area contributed by atoms with Crippen LogP contribution < -0.4 is 5.32 Å². The molecule has 1 amide bonds. The van der Waals surface area contributed by atoms with Crippen LogP contribution >= 0.6 is 0 Å². The lowest BCUT2D eigenvalue weighted by Gasteiger charge is -2.19. The summed E-state index contributed by atoms with van der Waals surface area (Å²) in [5.74, 6) is 1.63. The van der Waals surface area contributed by atoms with E-state index in [1.165, 1.54) is 19.3 Å². The number of carbonyl (C=O) groups excluding carboxylic acids is 1. The average molecular weight is 331 g/mol. The number of nitrogens with zero attached hydrogens (tertiary/aromatic N) is 5. The number of anilines is 1. The molecule has 0 saturated heterocycles. The number of carbonyl (C=O) groups is 1. The molecule has 2 aromatic heterocycles. The molecule has 0 bridgehead atoms. The molecule has 0 aromatic carbocycles. The fourth-order valence-electron chi connectivity index (χ4n) is 3.26. The van der Waals surface area contributed by atoms with E-state index in [2.05, 4.69) is 31.0 Å². The van der Waals surface area contributed by atoms with Crippen LogP contribution in [0.4, 0.5) is 5.82 Å². The summed E-state index contributed by atoms with van der Waals surface area (Å²) in [4.78, 5) is 12.6. The van der Waals surface area contributed by atoms with Gasteiger partial charge in [0.05, 0.1) is 12.2 Å². The van der Waals surface area contributed by atoms with Crippen LogP contribution in [0.1, 0.15) is 56.5 Å². The van der Waals surface area contributed by atoms with E-state index in [0.717, 1.165) is 37.2 Å². The molecule has 3 rings (SSSR count). The standard InChI is InChI=1S/C16H25N7O/c1-12-11-15(23(20-12)10-9-14-18-21-22-19-14)17-16(24)13-7-5-3-2-4-6-8-13/h11,13H,2-10H2,1H3,(H,17,24)(H,18,19,21,22). The van der Waals surface area contributed by atoms with Crippen molar-refractivity contribution in [1.82, 2.24) is 30.4 Å². The Morgan fingerprint density at radius 3 is 2.75 bits per heavy atom. The Bertz CT molecular complexity index is 641. The van der Waals surface area contributed by atoms with Crippen LogP contribution in [0.25, 0.3) is 0 Å². The molecule has 1 saturated carbocycles. The monoisotopic (exact) mass is 331 g/mol. The van der Waals surface area contributed by atoms with Gasteiger partial charge < -0.3 is 5.32 Å². The Labute approximate surface area is 141 Å². The van der Waals surface area contributed by atoms with Crippen LogP contribution in [-0.4, -0.2) is 36.3 Å². The Kier molecular flexibility index (Phi) is 5.55. The molecule has 1 aliphatic carbocycles. The molecule has 0 spiro atoms. The van der Waals surface area contributed by atoms with E-state index in [9.17, 15) is 4.79 Å². The summed E-state index contributed by atoms with van der Waals surface area (Å²) in [5.41, 5.74) is 0.885. The predicted octanol–water partition coefficient (Wildman–Crippen LogP) is 2.25. The highest BCUT2D eigenvalue weighted by molar-refractivity contribution is 5.91. The maximum absolute atomic E-state index is 12.6. The van der Waals surface area contributed by atoms with E-state index in [4.69, 9.17) is 0 Å². The highest BCUT2D eigenvalue weighted by Crippen LogP contribution is 2.24. The zero-order chi connectivity index (χ0) is 16.8. The molecule has 2 N–H and O–H groups in total. The summed E-state index contributed by atoms with van der Waals surface area (Å²) in [6.45, 7) is 2.53. The topological polar surface area (TPSA) is 101 Å². The molecule has 0 aliphatic heterocycles. The molecule has 1 fully saturated rings. The largest absolute Gasteiger partial charge is 0.311 e. The first-order chi connectivity index (χ1) is 11.7. The third-order valence-electron chi connectivity index (χ3n) is 4.57. The maximum atomic E-state index is 12.6. The number of amides is 1. The first-order valence-electron chi connectivity index (χ1n) is 8.80. The molecular weight excluding hydrogens is 306 g/mol. The Hall–Kier alpha value is -2.25. The first-order valence-corrected chi connectivity index (χ1v) is 8.80.